The van der Waals surface area contributed by atoms with Crippen molar-refractivity contribution < 1.29 is 0 Å². The van der Waals surface area contributed by atoms with Gasteiger partial charge in [-0.15, -0.1) is 0 Å². The molecule has 4 heteroatoms. The zero-order chi connectivity index (χ0) is 13.7. The number of rotatable bonds is 6. The van der Waals surface area contributed by atoms with E-state index in [0.29, 0.717) is 5.54 Å². The van der Waals surface area contributed by atoms with Crippen LogP contribution in [0.3, 0.4) is 0 Å². The first-order valence-corrected chi connectivity index (χ1v) is 7.56. The van der Waals surface area contributed by atoms with Gasteiger partial charge in [0.1, 0.15) is 5.82 Å². The molecule has 0 spiro atoms. The quantitative estimate of drug-likeness (QED) is 0.855. The maximum Gasteiger partial charge on any atom is 0.122 e. The van der Waals surface area contributed by atoms with Crippen LogP contribution in [0.25, 0.3) is 0 Å². The minimum absolute atomic E-state index is 0.349. The second-order valence-electron chi connectivity index (χ2n) is 5.91. The molecule has 0 amide bonds. The summed E-state index contributed by atoms with van der Waals surface area (Å²) in [6.45, 7) is 5.09. The van der Waals surface area contributed by atoms with Gasteiger partial charge in [0.15, 0.2) is 0 Å². The minimum Gasteiger partial charge on any atom is -0.334 e. The largest absolute Gasteiger partial charge is 0.334 e. The van der Waals surface area contributed by atoms with Crippen molar-refractivity contribution in [2.24, 2.45) is 0 Å². The lowest BCUT2D eigenvalue weighted by Crippen LogP contribution is -2.52. The lowest BCUT2D eigenvalue weighted by atomic mass is 9.80. The fraction of sp³-hybridized carbons (Fsp3) is 0.800. The number of aromatic nitrogens is 2. The zero-order valence-electron chi connectivity index (χ0n) is 12.7. The standard InChI is InChI=1S/C15H28N4/c1-4-19-11-10-17-14(19)12-16-13-15(18(2)3)8-6-5-7-9-15/h10-11,16H,4-9,12-13H2,1-3H3. The van der Waals surface area contributed by atoms with E-state index in [4.69, 9.17) is 0 Å². The van der Waals surface area contributed by atoms with E-state index in [2.05, 4.69) is 47.0 Å². The lowest BCUT2D eigenvalue weighted by molar-refractivity contribution is 0.0981. The van der Waals surface area contributed by atoms with E-state index >= 15 is 0 Å². The maximum atomic E-state index is 4.42. The van der Waals surface area contributed by atoms with E-state index in [1.54, 1.807) is 0 Å². The number of nitrogens with one attached hydrogen (secondary N) is 1. The van der Waals surface area contributed by atoms with Gasteiger partial charge in [-0.2, -0.15) is 0 Å². The second kappa shape index (κ2) is 6.53. The molecule has 1 aliphatic carbocycles. The minimum atomic E-state index is 0.349. The van der Waals surface area contributed by atoms with Gasteiger partial charge in [-0.25, -0.2) is 4.98 Å². The Labute approximate surface area is 117 Å². The molecular weight excluding hydrogens is 236 g/mol. The van der Waals surface area contributed by atoms with Crippen molar-refractivity contribution in [3.8, 4) is 0 Å². The smallest absolute Gasteiger partial charge is 0.122 e. The van der Waals surface area contributed by atoms with Crippen molar-refractivity contribution in [3.63, 3.8) is 0 Å². The Morgan fingerprint density at radius 1 is 1.32 bits per heavy atom. The van der Waals surface area contributed by atoms with Gasteiger partial charge < -0.3 is 14.8 Å². The Hall–Kier alpha value is -0.870. The molecule has 0 saturated heterocycles. The molecule has 0 aliphatic heterocycles. The molecule has 0 bridgehead atoms. The highest BCUT2D eigenvalue weighted by Crippen LogP contribution is 2.31. The van der Waals surface area contributed by atoms with Crippen LogP contribution in [0.4, 0.5) is 0 Å². The van der Waals surface area contributed by atoms with Crippen molar-refractivity contribution in [3.05, 3.63) is 18.2 Å². The summed E-state index contributed by atoms with van der Waals surface area (Å²) in [6.07, 6.45) is 10.7. The Morgan fingerprint density at radius 2 is 2.05 bits per heavy atom. The first-order chi connectivity index (χ1) is 9.18. The molecule has 0 aromatic carbocycles. The summed E-state index contributed by atoms with van der Waals surface area (Å²) < 4.78 is 2.20. The van der Waals surface area contributed by atoms with Crippen LogP contribution in [0.1, 0.15) is 44.9 Å². The summed E-state index contributed by atoms with van der Waals surface area (Å²) in [6, 6.07) is 0. The number of hydrogen-bond acceptors (Lipinski definition) is 3. The van der Waals surface area contributed by atoms with Gasteiger partial charge >= 0.3 is 0 Å². The van der Waals surface area contributed by atoms with Gasteiger partial charge in [0.25, 0.3) is 0 Å². The third-order valence-corrected chi connectivity index (χ3v) is 4.61. The Morgan fingerprint density at radius 3 is 2.68 bits per heavy atom. The van der Waals surface area contributed by atoms with Crippen LogP contribution in [0.15, 0.2) is 12.4 Å². The van der Waals surface area contributed by atoms with Gasteiger partial charge in [0.05, 0.1) is 6.54 Å². The molecule has 0 radical (unpaired) electrons. The second-order valence-corrected chi connectivity index (χ2v) is 5.91. The molecule has 108 valence electrons. The third kappa shape index (κ3) is 3.37. The van der Waals surface area contributed by atoms with Crippen molar-refractivity contribution in [2.45, 2.75) is 57.7 Å². The molecular formula is C15H28N4. The molecule has 4 nitrogen and oxygen atoms in total. The summed E-state index contributed by atoms with van der Waals surface area (Å²) in [5.74, 6) is 1.15. The Kier molecular flexibility index (Phi) is 4.99. The Bertz CT molecular complexity index is 377. The molecule has 1 saturated carbocycles. The summed E-state index contributed by atoms with van der Waals surface area (Å²) in [4.78, 5) is 6.85. The fourth-order valence-electron chi connectivity index (χ4n) is 3.19. The molecule has 1 N–H and O–H groups in total. The van der Waals surface area contributed by atoms with E-state index < -0.39 is 0 Å². The molecule has 1 fully saturated rings. The zero-order valence-corrected chi connectivity index (χ0v) is 12.7. The van der Waals surface area contributed by atoms with Crippen molar-refractivity contribution >= 4 is 0 Å². The molecule has 19 heavy (non-hydrogen) atoms. The average Bonchev–Trinajstić information content (AvgIpc) is 2.87. The molecule has 0 atom stereocenters. The summed E-state index contributed by atoms with van der Waals surface area (Å²) in [7, 11) is 4.44. The summed E-state index contributed by atoms with van der Waals surface area (Å²) in [5.41, 5.74) is 0.349. The molecule has 1 aliphatic rings. The van der Waals surface area contributed by atoms with Gasteiger partial charge in [0, 0.05) is 31.0 Å². The van der Waals surface area contributed by atoms with E-state index in [0.717, 1.165) is 25.5 Å². The third-order valence-electron chi connectivity index (χ3n) is 4.61. The van der Waals surface area contributed by atoms with Gasteiger partial charge in [-0.3, -0.25) is 0 Å². The van der Waals surface area contributed by atoms with Crippen LogP contribution in [0, 0.1) is 0 Å². The van der Waals surface area contributed by atoms with Crippen molar-refractivity contribution in [1.29, 1.82) is 0 Å². The summed E-state index contributed by atoms with van der Waals surface area (Å²) in [5, 5.41) is 3.63. The highest BCUT2D eigenvalue weighted by Gasteiger charge is 2.33. The molecule has 2 rings (SSSR count). The topological polar surface area (TPSA) is 33.1 Å². The van der Waals surface area contributed by atoms with Gasteiger partial charge in [0.2, 0.25) is 0 Å². The van der Waals surface area contributed by atoms with Crippen LogP contribution in [-0.4, -0.2) is 40.6 Å². The highest BCUT2D eigenvalue weighted by atomic mass is 15.2. The van der Waals surface area contributed by atoms with Gasteiger partial charge in [-0.05, 0) is 33.9 Å². The highest BCUT2D eigenvalue weighted by molar-refractivity contribution is 4.95. The average molecular weight is 264 g/mol. The monoisotopic (exact) mass is 264 g/mol. The normalized spacial score (nSPS) is 18.9. The predicted octanol–water partition coefficient (Wildman–Crippen LogP) is 2.26. The van der Waals surface area contributed by atoms with Crippen LogP contribution in [-0.2, 0) is 13.1 Å². The van der Waals surface area contributed by atoms with Crippen LogP contribution < -0.4 is 5.32 Å². The molecule has 1 aromatic heterocycles. The van der Waals surface area contributed by atoms with Crippen molar-refractivity contribution in [1.82, 2.24) is 19.8 Å². The van der Waals surface area contributed by atoms with E-state index in [-0.39, 0.29) is 0 Å². The number of hydrogen-bond donors (Lipinski definition) is 1. The fourth-order valence-corrected chi connectivity index (χ4v) is 3.19. The van der Waals surface area contributed by atoms with E-state index in [9.17, 15) is 0 Å². The molecule has 1 heterocycles. The van der Waals surface area contributed by atoms with E-state index in [1.807, 2.05) is 6.20 Å². The number of imidazole rings is 1. The van der Waals surface area contributed by atoms with Crippen molar-refractivity contribution in [2.75, 3.05) is 20.6 Å². The first-order valence-electron chi connectivity index (χ1n) is 7.56. The Balaban J connectivity index is 1.89. The SMILES string of the molecule is CCn1ccnc1CNCC1(N(C)C)CCCCC1. The predicted molar refractivity (Wildman–Crippen MR) is 79.1 cm³/mol. The van der Waals surface area contributed by atoms with Crippen LogP contribution in [0.2, 0.25) is 0 Å². The molecule has 1 aromatic rings. The van der Waals surface area contributed by atoms with E-state index in [1.165, 1.54) is 32.1 Å². The first kappa shape index (κ1) is 14.5. The maximum absolute atomic E-state index is 4.42. The molecule has 0 unspecified atom stereocenters. The summed E-state index contributed by atoms with van der Waals surface area (Å²) >= 11 is 0. The number of likely N-dealkylation sites (N-methyl/N-ethyl adjacent to an activating group) is 1. The van der Waals surface area contributed by atoms with Crippen LogP contribution >= 0.6 is 0 Å². The van der Waals surface area contributed by atoms with Crippen LogP contribution in [0.5, 0.6) is 0 Å². The number of aryl methyl sites for hydroxylation is 1. The lowest BCUT2D eigenvalue weighted by Gasteiger charge is -2.43. The number of nitrogens with zero attached hydrogens (tertiary/aromatic N) is 3. The van der Waals surface area contributed by atoms with Gasteiger partial charge in [-0.1, -0.05) is 19.3 Å².